The normalized spacial score (nSPS) is 20.1. The summed E-state index contributed by atoms with van der Waals surface area (Å²) in [5.41, 5.74) is 4.02. The summed E-state index contributed by atoms with van der Waals surface area (Å²) in [6.07, 6.45) is 7.95. The molecule has 0 bridgehead atoms. The molecule has 0 amide bonds. The number of rotatable bonds is 5. The number of nitrogens with one attached hydrogen (secondary N) is 1. The minimum Gasteiger partial charge on any atom is -0.368 e. The highest BCUT2D eigenvalue weighted by molar-refractivity contribution is 5.85. The number of hydrogen-bond donors (Lipinski definition) is 1. The molecule has 35 heavy (non-hydrogen) atoms. The largest absolute Gasteiger partial charge is 0.368 e. The maximum Gasteiger partial charge on any atom is 0.143 e. The van der Waals surface area contributed by atoms with Gasteiger partial charge in [0.05, 0.1) is 5.56 Å². The number of hydrogen-bond acceptors (Lipinski definition) is 6. The molecule has 1 aliphatic carbocycles. The molecule has 2 fully saturated rings. The van der Waals surface area contributed by atoms with Crippen molar-refractivity contribution in [1.82, 2.24) is 24.4 Å². The zero-order chi connectivity index (χ0) is 23.9. The number of aromatic nitrogens is 4. The highest BCUT2D eigenvalue weighted by Gasteiger charge is 2.31. The number of nitriles is 1. The van der Waals surface area contributed by atoms with E-state index < -0.39 is 0 Å². The molecule has 1 aromatic carbocycles. The Bertz CT molecular complexity index is 1380. The van der Waals surface area contributed by atoms with Gasteiger partial charge in [0.15, 0.2) is 0 Å². The summed E-state index contributed by atoms with van der Waals surface area (Å²) >= 11 is 0. The smallest absolute Gasteiger partial charge is 0.143 e. The Kier molecular flexibility index (Phi) is 5.42. The van der Waals surface area contributed by atoms with Crippen LogP contribution in [-0.2, 0) is 7.05 Å². The lowest BCUT2D eigenvalue weighted by atomic mass is 9.87. The van der Waals surface area contributed by atoms with Crippen molar-refractivity contribution in [2.24, 2.45) is 7.05 Å². The van der Waals surface area contributed by atoms with E-state index in [-0.39, 0.29) is 0 Å². The van der Waals surface area contributed by atoms with E-state index in [1.165, 1.54) is 5.69 Å². The summed E-state index contributed by atoms with van der Waals surface area (Å²) in [6, 6.07) is 16.1. The molecule has 0 unspecified atom stereocenters. The average molecular weight is 467 g/mol. The Morgan fingerprint density at radius 2 is 1.74 bits per heavy atom. The number of anilines is 2. The first-order chi connectivity index (χ1) is 17.1. The highest BCUT2D eigenvalue weighted by Crippen LogP contribution is 2.36. The molecule has 4 heterocycles. The molecule has 1 N–H and O–H groups in total. The van der Waals surface area contributed by atoms with E-state index in [1.807, 2.05) is 37.3 Å². The van der Waals surface area contributed by atoms with Gasteiger partial charge in [-0.25, -0.2) is 9.97 Å². The lowest BCUT2D eigenvalue weighted by Crippen LogP contribution is -2.46. The number of piperazine rings is 1. The molecule has 1 saturated carbocycles. The molecule has 0 spiro atoms. The van der Waals surface area contributed by atoms with Crippen LogP contribution in [0, 0.1) is 11.3 Å². The predicted molar refractivity (Wildman–Crippen MR) is 139 cm³/mol. The summed E-state index contributed by atoms with van der Waals surface area (Å²) < 4.78 is 4.27. The van der Waals surface area contributed by atoms with Crippen LogP contribution < -0.4 is 15.1 Å². The van der Waals surface area contributed by atoms with E-state index in [2.05, 4.69) is 67.1 Å². The van der Waals surface area contributed by atoms with Gasteiger partial charge in [-0.1, -0.05) is 0 Å². The topological polar surface area (TPSA) is 77.9 Å². The first-order valence-corrected chi connectivity index (χ1v) is 12.3. The summed E-state index contributed by atoms with van der Waals surface area (Å²) in [5.74, 6) is 1.98. The van der Waals surface area contributed by atoms with Gasteiger partial charge in [0, 0.05) is 80.5 Å². The molecule has 0 radical (unpaired) electrons. The highest BCUT2D eigenvalue weighted by atomic mass is 15.3. The van der Waals surface area contributed by atoms with Gasteiger partial charge < -0.3 is 24.3 Å². The van der Waals surface area contributed by atoms with Gasteiger partial charge in [0.25, 0.3) is 0 Å². The second-order valence-electron chi connectivity index (χ2n) is 9.60. The van der Waals surface area contributed by atoms with Crippen LogP contribution in [0.3, 0.4) is 0 Å². The van der Waals surface area contributed by atoms with Crippen molar-refractivity contribution < 1.29 is 0 Å². The van der Waals surface area contributed by atoms with E-state index in [4.69, 9.17) is 4.98 Å². The van der Waals surface area contributed by atoms with E-state index in [9.17, 15) is 5.26 Å². The lowest BCUT2D eigenvalue weighted by molar-refractivity contribution is 0.240. The third-order valence-corrected chi connectivity index (χ3v) is 7.61. The van der Waals surface area contributed by atoms with Crippen LogP contribution in [0.4, 0.5) is 11.5 Å². The van der Waals surface area contributed by atoms with Crippen LogP contribution in [-0.4, -0.2) is 58.4 Å². The summed E-state index contributed by atoms with van der Waals surface area (Å²) in [7, 11) is 4.03. The average Bonchev–Trinajstić information content (AvgIpc) is 3.47. The molecule has 1 aliphatic heterocycles. The van der Waals surface area contributed by atoms with Crippen molar-refractivity contribution in [2.75, 3.05) is 43.0 Å². The third-order valence-electron chi connectivity index (χ3n) is 7.61. The van der Waals surface area contributed by atoms with Crippen molar-refractivity contribution in [3.63, 3.8) is 0 Å². The molecule has 8 heteroatoms. The van der Waals surface area contributed by atoms with Crippen molar-refractivity contribution in [3.8, 4) is 17.5 Å². The molecular formula is C27H30N8. The Balaban J connectivity index is 1.17. The summed E-state index contributed by atoms with van der Waals surface area (Å²) in [4.78, 5) is 14.3. The van der Waals surface area contributed by atoms with E-state index in [1.54, 1.807) is 0 Å². The van der Waals surface area contributed by atoms with Gasteiger partial charge in [0.2, 0.25) is 0 Å². The van der Waals surface area contributed by atoms with Crippen molar-refractivity contribution >= 4 is 22.5 Å². The molecule has 2 aliphatic rings. The van der Waals surface area contributed by atoms with Crippen molar-refractivity contribution in [1.29, 1.82) is 5.26 Å². The van der Waals surface area contributed by atoms with Gasteiger partial charge in [-0.05, 0) is 56.3 Å². The van der Waals surface area contributed by atoms with Crippen LogP contribution >= 0.6 is 0 Å². The maximum atomic E-state index is 9.64. The standard InChI is InChI=1S/C27H30N8/c1-29-21-15-23(16-21)35-18-20(17-28)24-7-8-25(31-27(24)35)34-13-11-33(12-14-34)22-5-3-19(4-6-22)26-30-9-10-32(26)2/h3-10,18,21,23,29H,11-16H2,1-2H3/t21-,23-. The monoisotopic (exact) mass is 466 g/mol. The van der Waals surface area contributed by atoms with Gasteiger partial charge in [-0.2, -0.15) is 5.26 Å². The Labute approximate surface area is 205 Å². The number of pyridine rings is 1. The number of aryl methyl sites for hydroxylation is 1. The Morgan fingerprint density at radius 3 is 2.40 bits per heavy atom. The van der Waals surface area contributed by atoms with Crippen LogP contribution in [0.15, 0.2) is 55.0 Å². The molecule has 3 aromatic heterocycles. The quantitative estimate of drug-likeness (QED) is 0.485. The fourth-order valence-corrected chi connectivity index (χ4v) is 5.37. The summed E-state index contributed by atoms with van der Waals surface area (Å²) in [6.45, 7) is 3.71. The second kappa shape index (κ2) is 8.75. The molecule has 1 saturated heterocycles. The number of benzene rings is 1. The molecule has 8 nitrogen and oxygen atoms in total. The van der Waals surface area contributed by atoms with Crippen LogP contribution in [0.25, 0.3) is 22.4 Å². The molecular weight excluding hydrogens is 436 g/mol. The Morgan fingerprint density at radius 1 is 1.00 bits per heavy atom. The third kappa shape index (κ3) is 3.82. The first kappa shape index (κ1) is 21.7. The second-order valence-corrected chi connectivity index (χ2v) is 9.60. The van der Waals surface area contributed by atoms with Crippen molar-refractivity contribution in [2.45, 2.75) is 24.9 Å². The zero-order valence-electron chi connectivity index (χ0n) is 20.2. The van der Waals surface area contributed by atoms with Gasteiger partial charge in [0.1, 0.15) is 23.4 Å². The summed E-state index contributed by atoms with van der Waals surface area (Å²) in [5, 5.41) is 13.9. The first-order valence-electron chi connectivity index (χ1n) is 12.3. The minimum atomic E-state index is 0.408. The predicted octanol–water partition coefficient (Wildman–Crippen LogP) is 3.56. The molecule has 6 rings (SSSR count). The van der Waals surface area contributed by atoms with Crippen molar-refractivity contribution in [3.05, 3.63) is 60.6 Å². The number of imidazole rings is 1. The van der Waals surface area contributed by atoms with Crippen LogP contribution in [0.5, 0.6) is 0 Å². The van der Waals surface area contributed by atoms with Gasteiger partial charge in [-0.3, -0.25) is 0 Å². The van der Waals surface area contributed by atoms with Gasteiger partial charge in [-0.15, -0.1) is 0 Å². The fourth-order valence-electron chi connectivity index (χ4n) is 5.37. The number of nitrogens with zero attached hydrogens (tertiary/aromatic N) is 7. The fraction of sp³-hybridized carbons (Fsp3) is 0.370. The van der Waals surface area contributed by atoms with Gasteiger partial charge >= 0.3 is 0 Å². The number of fused-ring (bicyclic) bond motifs is 1. The van der Waals surface area contributed by atoms with Crippen LogP contribution in [0.1, 0.15) is 24.4 Å². The molecule has 0 atom stereocenters. The zero-order valence-corrected chi connectivity index (χ0v) is 20.2. The Hall–Kier alpha value is -3.83. The molecule has 4 aromatic rings. The SMILES string of the molecule is CN[C@H]1C[C@H](n2cc(C#N)c3ccc(N4CCN(c5ccc(-c6nccn6C)cc5)CC4)nc32)C1. The maximum absolute atomic E-state index is 9.64. The van der Waals surface area contributed by atoms with E-state index >= 15 is 0 Å². The van der Waals surface area contributed by atoms with E-state index in [0.717, 1.165) is 67.3 Å². The lowest BCUT2D eigenvalue weighted by Gasteiger charge is -2.37. The van der Waals surface area contributed by atoms with Crippen LogP contribution in [0.2, 0.25) is 0 Å². The van der Waals surface area contributed by atoms with E-state index in [0.29, 0.717) is 17.6 Å². The minimum absolute atomic E-state index is 0.408. The molecule has 178 valence electrons.